The van der Waals surface area contributed by atoms with E-state index in [1.54, 1.807) is 30.4 Å². The number of nitrogens with zero attached hydrogens (tertiary/aromatic N) is 3. The normalized spacial score (nSPS) is 10.9. The van der Waals surface area contributed by atoms with Gasteiger partial charge in [-0.15, -0.1) is 0 Å². The van der Waals surface area contributed by atoms with Gasteiger partial charge in [-0.25, -0.2) is 15.5 Å². The molecule has 0 unspecified atom stereocenters. The maximum Gasteiger partial charge on any atom is 0.297 e. The molecule has 0 fully saturated rings. The molecule has 92 valence electrons. The first-order valence-corrected chi connectivity index (χ1v) is 5.10. The van der Waals surface area contributed by atoms with E-state index in [0.29, 0.717) is 11.3 Å². The lowest BCUT2D eigenvalue weighted by atomic mass is 10.3. The van der Waals surface area contributed by atoms with Gasteiger partial charge in [-0.2, -0.15) is 0 Å². The van der Waals surface area contributed by atoms with Crippen LogP contribution >= 0.6 is 0 Å². The predicted octanol–water partition coefficient (Wildman–Crippen LogP) is 1.56. The fourth-order valence-corrected chi connectivity index (χ4v) is 1.65. The number of nitrogens with two attached hydrogens (primary N) is 1. The number of nitro benzene ring substituents is 1. The molecule has 0 saturated heterocycles. The Bertz CT molecular complexity index is 644. The molecule has 0 aliphatic carbocycles. The number of fused-ring (bicyclic) bond motifs is 1. The Balaban J connectivity index is 2.75. The second-order valence-corrected chi connectivity index (χ2v) is 3.43. The lowest BCUT2D eigenvalue weighted by molar-refractivity contribution is -0.383. The van der Waals surface area contributed by atoms with Crippen molar-refractivity contribution in [1.82, 2.24) is 9.66 Å². The van der Waals surface area contributed by atoms with Crippen molar-refractivity contribution >= 4 is 22.8 Å². The van der Waals surface area contributed by atoms with E-state index in [2.05, 4.69) is 17.1 Å². The molecule has 0 atom stereocenters. The summed E-state index contributed by atoms with van der Waals surface area (Å²) in [5, 5.41) is 10.9. The molecule has 2 aromatic rings. The number of rotatable bonds is 4. The smallest absolute Gasteiger partial charge is 0.260 e. The molecule has 1 heterocycles. The third-order valence-corrected chi connectivity index (χ3v) is 2.40. The lowest BCUT2D eigenvalue weighted by Gasteiger charge is -2.03. The first-order valence-electron chi connectivity index (χ1n) is 5.10. The summed E-state index contributed by atoms with van der Waals surface area (Å²) in [6, 6.07) is 4.68. The van der Waals surface area contributed by atoms with Crippen LogP contribution in [-0.2, 0) is 0 Å². The van der Waals surface area contributed by atoms with E-state index in [0.717, 1.165) is 0 Å². The third-order valence-electron chi connectivity index (χ3n) is 2.40. The molecule has 0 radical (unpaired) electrons. The van der Waals surface area contributed by atoms with E-state index in [-0.39, 0.29) is 11.2 Å². The molecule has 3 N–H and O–H groups in total. The predicted molar refractivity (Wildman–Crippen MR) is 69.2 cm³/mol. The molecular formula is C11H11N5O2. The molecule has 0 amide bonds. The monoisotopic (exact) mass is 245 g/mol. The summed E-state index contributed by atoms with van der Waals surface area (Å²) in [4.78, 5) is 14.6. The van der Waals surface area contributed by atoms with Crippen molar-refractivity contribution < 1.29 is 4.92 Å². The van der Waals surface area contributed by atoms with Gasteiger partial charge in [0.15, 0.2) is 11.3 Å². The van der Waals surface area contributed by atoms with Gasteiger partial charge in [0.2, 0.25) is 0 Å². The number of imidazole rings is 1. The van der Waals surface area contributed by atoms with Crippen molar-refractivity contribution in [3.8, 4) is 0 Å². The zero-order valence-electron chi connectivity index (χ0n) is 9.41. The van der Waals surface area contributed by atoms with Crippen LogP contribution in [0.15, 0.2) is 36.9 Å². The number of aromatic nitrogens is 2. The van der Waals surface area contributed by atoms with Gasteiger partial charge in [-0.05, 0) is 12.1 Å². The van der Waals surface area contributed by atoms with Crippen LogP contribution < -0.4 is 11.4 Å². The summed E-state index contributed by atoms with van der Waals surface area (Å²) in [6.45, 7) is 3.55. The minimum atomic E-state index is -0.475. The number of allylic oxidation sites excluding steroid dienone is 2. The summed E-state index contributed by atoms with van der Waals surface area (Å²) in [5.74, 6) is 5.86. The van der Waals surface area contributed by atoms with Crippen molar-refractivity contribution in [2.45, 2.75) is 0 Å². The number of hydrogen-bond acceptors (Lipinski definition) is 5. The first kappa shape index (κ1) is 11.8. The van der Waals surface area contributed by atoms with Gasteiger partial charge in [0.25, 0.3) is 5.69 Å². The summed E-state index contributed by atoms with van der Waals surface area (Å²) in [5.41, 5.74) is 3.20. The van der Waals surface area contributed by atoms with E-state index in [9.17, 15) is 10.1 Å². The lowest BCUT2D eigenvalue weighted by Crippen LogP contribution is -2.22. The molecule has 0 saturated carbocycles. The number of hydrazine groups is 1. The number of para-hydroxylation sites is 1. The fourth-order valence-electron chi connectivity index (χ4n) is 1.65. The second-order valence-electron chi connectivity index (χ2n) is 3.43. The van der Waals surface area contributed by atoms with Crippen LogP contribution in [0.1, 0.15) is 5.82 Å². The van der Waals surface area contributed by atoms with Crippen LogP contribution in [0, 0.1) is 10.1 Å². The van der Waals surface area contributed by atoms with Crippen molar-refractivity contribution in [1.29, 1.82) is 0 Å². The van der Waals surface area contributed by atoms with Crippen LogP contribution in [0.2, 0.25) is 0 Å². The number of benzene rings is 1. The molecule has 0 spiro atoms. The Hall–Kier alpha value is -2.67. The van der Waals surface area contributed by atoms with E-state index in [4.69, 9.17) is 5.84 Å². The SMILES string of the molecule is C=CC=Cc1nc2c([N+](=O)[O-])cccc2n1NN. The molecule has 1 aromatic heterocycles. The van der Waals surface area contributed by atoms with Gasteiger partial charge in [-0.3, -0.25) is 15.6 Å². The third kappa shape index (κ3) is 1.82. The standard InChI is InChI=1S/C11H11N5O2/c1-2-3-7-10-13-11-8(15(10)14-12)5-4-6-9(11)16(17)18/h2-7,14H,1,12H2. The average Bonchev–Trinajstić information content (AvgIpc) is 2.73. The van der Waals surface area contributed by atoms with Gasteiger partial charge in [0.1, 0.15) is 0 Å². The Morgan fingerprint density at radius 3 is 2.94 bits per heavy atom. The van der Waals surface area contributed by atoms with Crippen molar-refractivity contribution in [3.63, 3.8) is 0 Å². The largest absolute Gasteiger partial charge is 0.297 e. The molecule has 0 bridgehead atoms. The minimum Gasteiger partial charge on any atom is -0.260 e. The Kier molecular flexibility index (Phi) is 3.07. The minimum absolute atomic E-state index is 0.0604. The van der Waals surface area contributed by atoms with Crippen LogP contribution in [0.25, 0.3) is 17.1 Å². The first-order chi connectivity index (χ1) is 8.69. The summed E-state index contributed by atoms with van der Waals surface area (Å²) >= 11 is 0. The summed E-state index contributed by atoms with van der Waals surface area (Å²) in [7, 11) is 0. The molecule has 0 aliphatic rings. The maximum absolute atomic E-state index is 10.9. The van der Waals surface area contributed by atoms with Gasteiger partial charge in [-0.1, -0.05) is 24.8 Å². The number of nitrogen functional groups attached to an aromatic ring is 1. The van der Waals surface area contributed by atoms with Crippen LogP contribution in [0.5, 0.6) is 0 Å². The van der Waals surface area contributed by atoms with Crippen LogP contribution in [-0.4, -0.2) is 14.6 Å². The van der Waals surface area contributed by atoms with Gasteiger partial charge < -0.3 is 0 Å². The second kappa shape index (κ2) is 4.68. The van der Waals surface area contributed by atoms with Crippen LogP contribution in [0.3, 0.4) is 0 Å². The Morgan fingerprint density at radius 1 is 1.56 bits per heavy atom. The average molecular weight is 245 g/mol. The van der Waals surface area contributed by atoms with E-state index < -0.39 is 4.92 Å². The molecule has 7 nitrogen and oxygen atoms in total. The molecule has 0 aliphatic heterocycles. The van der Waals surface area contributed by atoms with E-state index >= 15 is 0 Å². The van der Waals surface area contributed by atoms with Crippen molar-refractivity contribution in [3.05, 3.63) is 52.9 Å². The quantitative estimate of drug-likeness (QED) is 0.368. The summed E-state index contributed by atoms with van der Waals surface area (Å²) < 4.78 is 1.46. The number of non-ortho nitro benzene ring substituents is 1. The zero-order chi connectivity index (χ0) is 13.1. The molecule has 7 heteroatoms. The van der Waals surface area contributed by atoms with Crippen LogP contribution in [0.4, 0.5) is 5.69 Å². The number of nitrogens with one attached hydrogen (secondary N) is 1. The number of nitro groups is 1. The van der Waals surface area contributed by atoms with Crippen molar-refractivity contribution in [2.75, 3.05) is 5.53 Å². The summed E-state index contributed by atoms with van der Waals surface area (Å²) in [6.07, 6.45) is 4.89. The fraction of sp³-hybridized carbons (Fsp3) is 0. The van der Waals surface area contributed by atoms with Gasteiger partial charge >= 0.3 is 0 Å². The van der Waals surface area contributed by atoms with Gasteiger partial charge in [0, 0.05) is 6.07 Å². The van der Waals surface area contributed by atoms with Gasteiger partial charge in [0.05, 0.1) is 10.4 Å². The van der Waals surface area contributed by atoms with E-state index in [1.165, 1.54) is 10.7 Å². The zero-order valence-corrected chi connectivity index (χ0v) is 9.41. The molecule has 18 heavy (non-hydrogen) atoms. The molecule has 1 aromatic carbocycles. The van der Waals surface area contributed by atoms with Crippen molar-refractivity contribution in [2.24, 2.45) is 5.84 Å². The molecular weight excluding hydrogens is 234 g/mol. The highest BCUT2D eigenvalue weighted by Gasteiger charge is 2.17. The maximum atomic E-state index is 10.9. The highest BCUT2D eigenvalue weighted by Crippen LogP contribution is 2.25. The number of hydrogen-bond donors (Lipinski definition) is 2. The Morgan fingerprint density at radius 2 is 2.33 bits per heavy atom. The molecule has 2 rings (SSSR count). The van der Waals surface area contributed by atoms with E-state index in [1.807, 2.05) is 0 Å². The topological polar surface area (TPSA) is 99.0 Å². The Labute approximate surface area is 102 Å². The highest BCUT2D eigenvalue weighted by atomic mass is 16.6. The highest BCUT2D eigenvalue weighted by molar-refractivity contribution is 5.86.